The van der Waals surface area contributed by atoms with E-state index in [2.05, 4.69) is 21.7 Å². The summed E-state index contributed by atoms with van der Waals surface area (Å²) in [6.07, 6.45) is 6.76. The number of benzene rings is 1. The van der Waals surface area contributed by atoms with Gasteiger partial charge >= 0.3 is 0 Å². The van der Waals surface area contributed by atoms with Crippen LogP contribution in [0.5, 0.6) is 0 Å². The molecule has 2 aromatic rings. The zero-order valence-corrected chi connectivity index (χ0v) is 15.6. The molecule has 2 bridgehead atoms. The molecule has 2 saturated carbocycles. The van der Waals surface area contributed by atoms with Gasteiger partial charge in [-0.15, -0.1) is 0 Å². The van der Waals surface area contributed by atoms with Crippen LogP contribution in [-0.4, -0.2) is 27.9 Å². The van der Waals surface area contributed by atoms with Gasteiger partial charge in [0.05, 0.1) is 11.6 Å². The fourth-order valence-electron chi connectivity index (χ4n) is 4.68. The van der Waals surface area contributed by atoms with E-state index in [1.807, 2.05) is 0 Å². The molecule has 0 saturated heterocycles. The summed E-state index contributed by atoms with van der Waals surface area (Å²) in [6.45, 7) is 0. The molecular formula is C22H22N4O2. The van der Waals surface area contributed by atoms with Gasteiger partial charge in [-0.1, -0.05) is 12.1 Å². The van der Waals surface area contributed by atoms with E-state index in [0.717, 1.165) is 38.5 Å². The molecule has 2 N–H and O–H groups in total. The van der Waals surface area contributed by atoms with E-state index in [4.69, 9.17) is 5.26 Å². The summed E-state index contributed by atoms with van der Waals surface area (Å²) in [4.78, 5) is 29.6. The third kappa shape index (κ3) is 3.48. The Kier molecular flexibility index (Phi) is 4.60. The van der Waals surface area contributed by atoms with Crippen molar-refractivity contribution in [2.75, 3.05) is 0 Å². The van der Waals surface area contributed by atoms with Crippen molar-refractivity contribution in [3.8, 4) is 6.07 Å². The molecule has 2 fully saturated rings. The fraction of sp³-hybridized carbons (Fsp3) is 0.364. The van der Waals surface area contributed by atoms with E-state index in [9.17, 15) is 9.59 Å². The first-order valence-electron chi connectivity index (χ1n) is 9.60. The summed E-state index contributed by atoms with van der Waals surface area (Å²) >= 11 is 0. The van der Waals surface area contributed by atoms with Gasteiger partial charge in [0.15, 0.2) is 0 Å². The van der Waals surface area contributed by atoms with Crippen LogP contribution in [0.3, 0.4) is 0 Å². The van der Waals surface area contributed by atoms with E-state index >= 15 is 0 Å². The van der Waals surface area contributed by atoms with E-state index in [1.54, 1.807) is 48.7 Å². The van der Waals surface area contributed by atoms with Crippen molar-refractivity contribution in [2.45, 2.75) is 49.6 Å². The molecule has 6 nitrogen and oxygen atoms in total. The van der Waals surface area contributed by atoms with Gasteiger partial charge in [-0.05, 0) is 68.9 Å². The standard InChI is InChI=1S/C22H22N4O2/c23-14-16-5-3-6-17(13-16)19(27)25-21-8-4-9-22(15-21,11-10-21)26-20(28)18-7-1-2-12-24-18/h1-3,5-7,12-13H,4,8-11,15H2,(H,25,27)(H,26,28)/t21-,22-/m1/s1. The van der Waals surface area contributed by atoms with Gasteiger partial charge in [0.1, 0.15) is 5.69 Å². The zero-order valence-electron chi connectivity index (χ0n) is 15.6. The minimum atomic E-state index is -0.310. The first kappa shape index (κ1) is 18.2. The van der Waals surface area contributed by atoms with Crippen molar-refractivity contribution in [3.05, 3.63) is 65.5 Å². The number of amides is 2. The molecule has 4 rings (SSSR count). The van der Waals surface area contributed by atoms with Crippen LogP contribution in [0.15, 0.2) is 48.7 Å². The summed E-state index contributed by atoms with van der Waals surface area (Å²) in [6, 6.07) is 14.1. The lowest BCUT2D eigenvalue weighted by Crippen LogP contribution is -2.55. The molecule has 2 amide bonds. The third-order valence-corrected chi connectivity index (χ3v) is 5.98. The number of fused-ring (bicyclic) bond motifs is 2. The number of aromatic nitrogens is 1. The predicted octanol–water partition coefficient (Wildman–Crippen LogP) is 2.96. The Balaban J connectivity index is 1.48. The van der Waals surface area contributed by atoms with Gasteiger partial charge in [0.2, 0.25) is 0 Å². The largest absolute Gasteiger partial charge is 0.347 e. The molecule has 2 aliphatic carbocycles. The highest BCUT2D eigenvalue weighted by atomic mass is 16.2. The number of nitriles is 1. The Morgan fingerprint density at radius 2 is 1.71 bits per heavy atom. The number of hydrogen-bond acceptors (Lipinski definition) is 4. The van der Waals surface area contributed by atoms with Crippen LogP contribution >= 0.6 is 0 Å². The van der Waals surface area contributed by atoms with E-state index < -0.39 is 0 Å². The topological polar surface area (TPSA) is 94.9 Å². The summed E-state index contributed by atoms with van der Waals surface area (Å²) < 4.78 is 0. The number of nitrogens with one attached hydrogen (secondary N) is 2. The first-order valence-corrected chi connectivity index (χ1v) is 9.60. The van der Waals surface area contributed by atoms with Crippen molar-refractivity contribution in [3.63, 3.8) is 0 Å². The molecule has 1 aromatic heterocycles. The molecule has 0 spiro atoms. The summed E-state index contributed by atoms with van der Waals surface area (Å²) in [7, 11) is 0. The van der Waals surface area contributed by atoms with Crippen LogP contribution < -0.4 is 10.6 Å². The molecule has 0 unspecified atom stereocenters. The number of hydrogen-bond donors (Lipinski definition) is 2. The molecule has 0 aliphatic heterocycles. The van der Waals surface area contributed by atoms with Gasteiger partial charge in [0, 0.05) is 22.8 Å². The molecule has 142 valence electrons. The maximum Gasteiger partial charge on any atom is 0.270 e. The second-order valence-corrected chi connectivity index (χ2v) is 7.91. The van der Waals surface area contributed by atoms with Gasteiger partial charge in [-0.25, -0.2) is 0 Å². The van der Waals surface area contributed by atoms with Crippen LogP contribution in [0.2, 0.25) is 0 Å². The van der Waals surface area contributed by atoms with Crippen LogP contribution in [0, 0.1) is 11.3 Å². The van der Waals surface area contributed by atoms with E-state index in [1.165, 1.54) is 0 Å². The average molecular weight is 374 g/mol. The monoisotopic (exact) mass is 374 g/mol. The van der Waals surface area contributed by atoms with Crippen LogP contribution in [0.25, 0.3) is 0 Å². The molecular weight excluding hydrogens is 352 g/mol. The third-order valence-electron chi connectivity index (χ3n) is 5.98. The van der Waals surface area contributed by atoms with Crippen molar-refractivity contribution in [1.29, 1.82) is 5.26 Å². The minimum absolute atomic E-state index is 0.161. The molecule has 2 aliphatic rings. The molecule has 0 radical (unpaired) electrons. The maximum atomic E-state index is 12.8. The second-order valence-electron chi connectivity index (χ2n) is 7.91. The fourth-order valence-corrected chi connectivity index (χ4v) is 4.68. The SMILES string of the molecule is N#Cc1cccc(C(=O)N[C@]23CCC[C@@](NC(=O)c4ccccn4)(CC2)C3)c1. The number of rotatable bonds is 4. The molecule has 1 aromatic carbocycles. The maximum absolute atomic E-state index is 12.8. The van der Waals surface area contributed by atoms with E-state index in [0.29, 0.717) is 16.8 Å². The number of pyridine rings is 1. The zero-order chi connectivity index (χ0) is 19.6. The van der Waals surface area contributed by atoms with Crippen LogP contribution in [0.4, 0.5) is 0 Å². The average Bonchev–Trinajstić information content (AvgIpc) is 2.98. The van der Waals surface area contributed by atoms with Crippen LogP contribution in [0.1, 0.15) is 64.9 Å². The lowest BCUT2D eigenvalue weighted by molar-refractivity contribution is 0.0829. The first-order chi connectivity index (χ1) is 13.5. The number of carbonyl (C=O) groups excluding carboxylic acids is 2. The summed E-state index contributed by atoms with van der Waals surface area (Å²) in [5.41, 5.74) is 0.771. The number of carbonyl (C=O) groups is 2. The van der Waals surface area contributed by atoms with Crippen molar-refractivity contribution in [1.82, 2.24) is 15.6 Å². The quantitative estimate of drug-likeness (QED) is 0.860. The molecule has 6 heteroatoms. The molecule has 2 atom stereocenters. The Hall–Kier alpha value is -3.20. The Labute approximate surface area is 164 Å². The summed E-state index contributed by atoms with van der Waals surface area (Å²) in [5.74, 6) is -0.322. The van der Waals surface area contributed by atoms with E-state index in [-0.39, 0.29) is 22.9 Å². The lowest BCUT2D eigenvalue weighted by Gasteiger charge is -2.40. The van der Waals surface area contributed by atoms with Crippen molar-refractivity contribution in [2.24, 2.45) is 0 Å². The molecule has 1 heterocycles. The summed E-state index contributed by atoms with van der Waals surface area (Å²) in [5, 5.41) is 15.5. The van der Waals surface area contributed by atoms with Crippen molar-refractivity contribution < 1.29 is 9.59 Å². The Morgan fingerprint density at radius 1 is 0.964 bits per heavy atom. The van der Waals surface area contributed by atoms with Gasteiger partial charge < -0.3 is 10.6 Å². The Morgan fingerprint density at radius 3 is 2.39 bits per heavy atom. The van der Waals surface area contributed by atoms with Crippen molar-refractivity contribution >= 4 is 11.8 Å². The van der Waals surface area contributed by atoms with Gasteiger partial charge in [-0.2, -0.15) is 5.26 Å². The second kappa shape index (κ2) is 7.08. The highest BCUT2D eigenvalue weighted by Gasteiger charge is 2.52. The predicted molar refractivity (Wildman–Crippen MR) is 103 cm³/mol. The smallest absolute Gasteiger partial charge is 0.270 e. The van der Waals surface area contributed by atoms with Gasteiger partial charge in [0.25, 0.3) is 11.8 Å². The normalized spacial score (nSPS) is 25.5. The molecule has 28 heavy (non-hydrogen) atoms. The highest BCUT2D eigenvalue weighted by molar-refractivity contribution is 5.95. The lowest BCUT2D eigenvalue weighted by atomic mass is 9.78. The number of nitrogens with zero attached hydrogens (tertiary/aromatic N) is 2. The highest BCUT2D eigenvalue weighted by Crippen LogP contribution is 2.48. The minimum Gasteiger partial charge on any atom is -0.347 e. The van der Waals surface area contributed by atoms with Gasteiger partial charge in [-0.3, -0.25) is 14.6 Å². The van der Waals surface area contributed by atoms with Crippen LogP contribution in [-0.2, 0) is 0 Å². The Bertz CT molecular complexity index is 953.